The van der Waals surface area contributed by atoms with Crippen molar-refractivity contribution < 1.29 is 45.1 Å². The Bertz CT molecular complexity index is 1110. The van der Waals surface area contributed by atoms with Gasteiger partial charge in [0.05, 0.1) is 13.1 Å². The second kappa shape index (κ2) is 10.9. The van der Waals surface area contributed by atoms with Gasteiger partial charge in [-0.15, -0.1) is 0 Å². The lowest BCUT2D eigenvalue weighted by Gasteiger charge is -2.51. The number of aromatic nitrogens is 1. The lowest BCUT2D eigenvalue weighted by atomic mass is 9.82. The minimum atomic E-state index is -1.37. The summed E-state index contributed by atoms with van der Waals surface area (Å²) in [4.78, 5) is 26.7. The number of piperidine rings is 3. The number of carbonyl (C=O) groups is 2. The number of anilines is 1. The van der Waals surface area contributed by atoms with E-state index < -0.39 is 11.6 Å². The van der Waals surface area contributed by atoms with E-state index in [0.29, 0.717) is 23.4 Å². The number of methoxy groups -OCH3 is 1. The van der Waals surface area contributed by atoms with Gasteiger partial charge in [0.1, 0.15) is 12.8 Å². The van der Waals surface area contributed by atoms with Crippen molar-refractivity contribution in [3.63, 3.8) is 0 Å². The van der Waals surface area contributed by atoms with Gasteiger partial charge in [0.25, 0.3) is 5.91 Å². The Hall–Kier alpha value is -3.01. The normalized spacial score (nSPS) is 22.9. The van der Waals surface area contributed by atoms with Gasteiger partial charge in [0, 0.05) is 31.9 Å². The molecule has 0 radical (unpaired) electrons. The van der Waals surface area contributed by atoms with E-state index in [4.69, 9.17) is 14.0 Å². The van der Waals surface area contributed by atoms with Crippen LogP contribution in [0.1, 0.15) is 24.0 Å². The van der Waals surface area contributed by atoms with Crippen LogP contribution in [-0.2, 0) is 24.7 Å². The first-order valence-electron chi connectivity index (χ1n) is 12.0. The van der Waals surface area contributed by atoms with E-state index in [-0.39, 0.29) is 34.9 Å². The minimum Gasteiger partial charge on any atom is -1.00 e. The number of halogens is 1. The molecule has 0 unspecified atom stereocenters. The van der Waals surface area contributed by atoms with Crippen LogP contribution < -0.4 is 22.3 Å². The van der Waals surface area contributed by atoms with Crippen molar-refractivity contribution in [1.82, 2.24) is 5.16 Å². The number of amides is 1. The molecule has 3 fully saturated rings. The smallest absolute Gasteiger partial charge is 0.348 e. The first-order valence-corrected chi connectivity index (χ1v) is 12.0. The van der Waals surface area contributed by atoms with Crippen molar-refractivity contribution in [2.24, 2.45) is 5.92 Å². The molecule has 3 aromatic rings. The maximum Gasteiger partial charge on any atom is 0.348 e. The highest BCUT2D eigenvalue weighted by molar-refractivity contribution is 5.90. The zero-order valence-corrected chi connectivity index (χ0v) is 21.7. The van der Waals surface area contributed by atoms with Crippen molar-refractivity contribution in [3.05, 3.63) is 84.1 Å². The molecule has 8 nitrogen and oxygen atoms in total. The molecular weight excluding hydrogens is 526 g/mol. The summed E-state index contributed by atoms with van der Waals surface area (Å²) in [7, 11) is 1.54. The first-order chi connectivity index (χ1) is 17.0. The van der Waals surface area contributed by atoms with Crippen LogP contribution in [0.2, 0.25) is 0 Å². The number of nitrogens with zero attached hydrogens (tertiary/aromatic N) is 2. The largest absolute Gasteiger partial charge is 1.00 e. The molecule has 2 bridgehead atoms. The van der Waals surface area contributed by atoms with E-state index in [1.807, 2.05) is 60.7 Å². The Labute approximate surface area is 220 Å². The molecule has 190 valence electrons. The number of rotatable bonds is 8. The summed E-state index contributed by atoms with van der Waals surface area (Å²) >= 11 is 0. The number of benzene rings is 2. The van der Waals surface area contributed by atoms with Crippen LogP contribution in [0.5, 0.6) is 0 Å². The van der Waals surface area contributed by atoms with Gasteiger partial charge in [-0.05, 0) is 11.1 Å². The molecule has 36 heavy (non-hydrogen) atoms. The number of quaternary nitrogens is 1. The Kier molecular flexibility index (Phi) is 7.92. The summed E-state index contributed by atoms with van der Waals surface area (Å²) < 4.78 is 17.6. The van der Waals surface area contributed by atoms with Crippen molar-refractivity contribution in [2.75, 3.05) is 38.6 Å². The van der Waals surface area contributed by atoms with Crippen molar-refractivity contribution >= 4 is 17.7 Å². The van der Waals surface area contributed by atoms with Crippen molar-refractivity contribution in [1.29, 1.82) is 0 Å². The van der Waals surface area contributed by atoms with Crippen molar-refractivity contribution in [2.45, 2.75) is 24.5 Å². The molecular formula is C27H30BrN3O5. The lowest BCUT2D eigenvalue weighted by molar-refractivity contribution is -0.939. The van der Waals surface area contributed by atoms with Crippen LogP contribution in [0.15, 0.2) is 77.5 Å². The second-order valence-corrected chi connectivity index (χ2v) is 9.46. The predicted octanol–water partition coefficient (Wildman–Crippen LogP) is 0.360. The quantitative estimate of drug-likeness (QED) is 0.319. The monoisotopic (exact) mass is 555 g/mol. The fourth-order valence-electron chi connectivity index (χ4n) is 5.63. The average Bonchev–Trinajstić information content (AvgIpc) is 3.39. The zero-order valence-electron chi connectivity index (χ0n) is 20.1. The summed E-state index contributed by atoms with van der Waals surface area (Å²) in [6.07, 6.45) is 2.95. The Balaban J connectivity index is 0.00000304. The fraction of sp³-hybridized carbons (Fsp3) is 0.370. The third-order valence-electron chi connectivity index (χ3n) is 7.44. The van der Waals surface area contributed by atoms with Gasteiger partial charge < -0.3 is 40.8 Å². The molecule has 0 saturated carbocycles. The molecule has 4 heterocycles. The summed E-state index contributed by atoms with van der Waals surface area (Å²) in [6, 6.07) is 20.5. The predicted molar refractivity (Wildman–Crippen MR) is 128 cm³/mol. The molecule has 1 atom stereocenters. The van der Waals surface area contributed by atoms with E-state index in [1.54, 1.807) is 13.2 Å². The Morgan fingerprint density at radius 3 is 2.17 bits per heavy atom. The highest BCUT2D eigenvalue weighted by atomic mass is 79.9. The third kappa shape index (κ3) is 4.96. The van der Waals surface area contributed by atoms with E-state index in [2.05, 4.69) is 10.5 Å². The van der Waals surface area contributed by atoms with Crippen LogP contribution in [0, 0.1) is 5.92 Å². The minimum absolute atomic E-state index is 0. The molecule has 3 aliphatic heterocycles. The van der Waals surface area contributed by atoms with Gasteiger partial charge in [-0.25, -0.2) is 4.79 Å². The number of hydrogen-bond donors (Lipinski definition) is 1. The molecule has 2 aromatic carbocycles. The van der Waals surface area contributed by atoms with E-state index in [9.17, 15) is 9.59 Å². The van der Waals surface area contributed by atoms with Crippen molar-refractivity contribution in [3.8, 4) is 0 Å². The molecule has 1 aromatic heterocycles. The Morgan fingerprint density at radius 2 is 1.64 bits per heavy atom. The van der Waals surface area contributed by atoms with Gasteiger partial charge in [-0.2, -0.15) is 0 Å². The fourth-order valence-corrected chi connectivity index (χ4v) is 5.63. The number of nitrogens with one attached hydrogen (secondary N) is 1. The summed E-state index contributed by atoms with van der Waals surface area (Å²) in [5.74, 6) is 0.128. The third-order valence-corrected chi connectivity index (χ3v) is 7.44. The van der Waals surface area contributed by atoms with E-state index in [0.717, 1.165) is 37.1 Å². The average molecular weight is 556 g/mol. The molecule has 3 saturated heterocycles. The number of carbonyl (C=O) groups excluding carboxylic acids is 2. The molecule has 6 rings (SSSR count). The maximum absolute atomic E-state index is 13.9. The maximum atomic E-state index is 13.9. The summed E-state index contributed by atoms with van der Waals surface area (Å²) in [6.45, 7) is 2.68. The van der Waals surface area contributed by atoms with Crippen LogP contribution in [0.4, 0.5) is 5.82 Å². The van der Waals surface area contributed by atoms with Crippen LogP contribution in [0.25, 0.3) is 0 Å². The molecule has 3 aliphatic rings. The molecule has 1 amide bonds. The van der Waals surface area contributed by atoms with Gasteiger partial charge in [-0.1, -0.05) is 65.8 Å². The Morgan fingerprint density at radius 1 is 1.03 bits per heavy atom. The van der Waals surface area contributed by atoms with E-state index >= 15 is 0 Å². The van der Waals surface area contributed by atoms with Crippen LogP contribution in [-0.4, -0.2) is 60.9 Å². The highest BCUT2D eigenvalue weighted by Gasteiger charge is 2.51. The topological polar surface area (TPSA) is 90.7 Å². The molecule has 9 heteroatoms. The second-order valence-electron chi connectivity index (χ2n) is 9.46. The van der Waals surface area contributed by atoms with Crippen LogP contribution >= 0.6 is 0 Å². The standard InChI is InChI=1S/C27H29N3O5.BrH/c1-33-27(21-8-4-2-5-9-21,22-10-6-3-7-11-22)26(32)35-23-18-30(15-12-20(23)13-16-30)19-25(31)28-24-14-17-34-29-24;/h2-11,14,17,20,23H,12-13,15-16,18-19H2,1H3;1H/t20?,23-,30?;/m0./s1. The number of esters is 1. The molecule has 0 spiro atoms. The zero-order chi connectivity index (χ0) is 24.3. The van der Waals surface area contributed by atoms with Gasteiger partial charge in [-0.3, -0.25) is 4.79 Å². The number of ether oxygens (including phenoxy) is 2. The molecule has 1 N–H and O–H groups in total. The number of fused-ring (bicyclic) bond motifs is 3. The molecule has 0 aliphatic carbocycles. The van der Waals surface area contributed by atoms with Gasteiger partial charge >= 0.3 is 5.97 Å². The van der Waals surface area contributed by atoms with Gasteiger partial charge in [0.15, 0.2) is 18.5 Å². The number of hydrogen-bond acceptors (Lipinski definition) is 6. The van der Waals surface area contributed by atoms with E-state index in [1.165, 1.54) is 6.26 Å². The SMILES string of the molecule is COC(C(=O)O[C@H]1C[N+]2(CC(=O)Nc3ccon3)CCC1CC2)(c1ccccc1)c1ccccc1.[Br-]. The summed E-state index contributed by atoms with van der Waals surface area (Å²) in [5, 5.41) is 6.55. The lowest BCUT2D eigenvalue weighted by Crippen LogP contribution is -3.00. The van der Waals surface area contributed by atoms with Gasteiger partial charge in [0.2, 0.25) is 5.60 Å². The first kappa shape index (κ1) is 26.1. The summed E-state index contributed by atoms with van der Waals surface area (Å²) in [5.41, 5.74) is 0.0655. The highest BCUT2D eigenvalue weighted by Crippen LogP contribution is 2.39. The van der Waals surface area contributed by atoms with Crippen LogP contribution in [0.3, 0.4) is 0 Å².